The van der Waals surface area contributed by atoms with E-state index in [4.69, 9.17) is 5.73 Å². The molecule has 0 fully saturated rings. The van der Waals surface area contributed by atoms with Crippen molar-refractivity contribution in [2.75, 3.05) is 0 Å². The highest BCUT2D eigenvalue weighted by molar-refractivity contribution is 5.62. The minimum Gasteiger partial charge on any atom is -0.325 e. The second-order valence-electron chi connectivity index (χ2n) is 3.77. The van der Waals surface area contributed by atoms with Gasteiger partial charge in [-0.25, -0.2) is 4.68 Å². The van der Waals surface area contributed by atoms with Crippen molar-refractivity contribution in [3.05, 3.63) is 35.5 Å². The van der Waals surface area contributed by atoms with E-state index in [-0.39, 0.29) is 0 Å². The largest absolute Gasteiger partial charge is 0.325 e. The third-order valence-electron chi connectivity index (χ3n) is 2.62. The highest BCUT2D eigenvalue weighted by Gasteiger charge is 2.11. The highest BCUT2D eigenvalue weighted by atomic mass is 15.4. The van der Waals surface area contributed by atoms with E-state index >= 15 is 0 Å². The molecule has 0 atom stereocenters. The number of aromatic nitrogens is 3. The van der Waals surface area contributed by atoms with Gasteiger partial charge in [-0.15, -0.1) is 5.10 Å². The summed E-state index contributed by atoms with van der Waals surface area (Å²) in [5, 5.41) is 8.30. The van der Waals surface area contributed by atoms with Gasteiger partial charge < -0.3 is 5.73 Å². The van der Waals surface area contributed by atoms with E-state index in [2.05, 4.69) is 29.4 Å². The Morgan fingerprint density at radius 1 is 1.38 bits per heavy atom. The number of aryl methyl sites for hydroxylation is 2. The maximum absolute atomic E-state index is 5.75. The Kier molecular flexibility index (Phi) is 3.01. The fourth-order valence-electron chi connectivity index (χ4n) is 1.81. The van der Waals surface area contributed by atoms with E-state index in [0.717, 1.165) is 23.5 Å². The number of hydrogen-bond acceptors (Lipinski definition) is 3. The smallest absolute Gasteiger partial charge is 0.117 e. The first-order valence-electron chi connectivity index (χ1n) is 5.45. The second-order valence-corrected chi connectivity index (χ2v) is 3.77. The lowest BCUT2D eigenvalue weighted by atomic mass is 10.1. The zero-order chi connectivity index (χ0) is 11.5. The van der Waals surface area contributed by atoms with Crippen LogP contribution in [0.1, 0.15) is 18.2 Å². The Balaban J connectivity index is 2.51. The minimum atomic E-state index is 0.462. The first-order valence-corrected chi connectivity index (χ1v) is 5.45. The van der Waals surface area contributed by atoms with Crippen LogP contribution in [0, 0.1) is 6.92 Å². The molecular weight excluding hydrogens is 200 g/mol. The highest BCUT2D eigenvalue weighted by Crippen LogP contribution is 2.21. The molecule has 4 heteroatoms. The van der Waals surface area contributed by atoms with Gasteiger partial charge in [0.1, 0.15) is 5.69 Å². The molecule has 2 N–H and O–H groups in total. The summed E-state index contributed by atoms with van der Waals surface area (Å²) in [4.78, 5) is 0. The molecule has 0 saturated carbocycles. The molecule has 16 heavy (non-hydrogen) atoms. The van der Waals surface area contributed by atoms with E-state index in [1.807, 2.05) is 23.7 Å². The van der Waals surface area contributed by atoms with Crippen LogP contribution in [-0.4, -0.2) is 15.0 Å². The zero-order valence-corrected chi connectivity index (χ0v) is 9.64. The lowest BCUT2D eigenvalue weighted by Crippen LogP contribution is -2.08. The van der Waals surface area contributed by atoms with Crippen molar-refractivity contribution < 1.29 is 0 Å². The summed E-state index contributed by atoms with van der Waals surface area (Å²) in [7, 11) is 0. The summed E-state index contributed by atoms with van der Waals surface area (Å²) in [5.74, 6) is 0. The number of nitrogens with two attached hydrogens (primary N) is 1. The summed E-state index contributed by atoms with van der Waals surface area (Å²) in [5.41, 5.74) is 9.93. The predicted molar refractivity (Wildman–Crippen MR) is 63.8 cm³/mol. The van der Waals surface area contributed by atoms with E-state index in [1.54, 1.807) is 0 Å². The molecular formula is C12H16N4. The summed E-state index contributed by atoms with van der Waals surface area (Å²) in [6.45, 7) is 5.36. The van der Waals surface area contributed by atoms with Gasteiger partial charge in [0.15, 0.2) is 0 Å². The average Bonchev–Trinajstić information content (AvgIpc) is 2.71. The number of rotatable bonds is 3. The molecule has 2 aromatic rings. The standard InChI is InChI=1S/C12H16N4/c1-3-16-11(8-13)12(14-15-16)10-6-4-5-9(2)7-10/h4-7H,3,8,13H2,1-2H3. The van der Waals surface area contributed by atoms with Crippen LogP contribution >= 0.6 is 0 Å². The van der Waals surface area contributed by atoms with Crippen LogP contribution in [0.15, 0.2) is 24.3 Å². The first-order chi connectivity index (χ1) is 7.76. The third kappa shape index (κ3) is 1.84. The molecule has 1 aromatic heterocycles. The van der Waals surface area contributed by atoms with Crippen molar-refractivity contribution in [3.63, 3.8) is 0 Å². The number of nitrogens with zero attached hydrogens (tertiary/aromatic N) is 3. The van der Waals surface area contributed by atoms with Gasteiger partial charge >= 0.3 is 0 Å². The van der Waals surface area contributed by atoms with Crippen LogP contribution < -0.4 is 5.73 Å². The van der Waals surface area contributed by atoms with E-state index in [1.165, 1.54) is 5.56 Å². The topological polar surface area (TPSA) is 56.7 Å². The molecule has 0 aliphatic rings. The summed E-state index contributed by atoms with van der Waals surface area (Å²) >= 11 is 0. The SMILES string of the molecule is CCn1nnc(-c2cccc(C)c2)c1CN. The lowest BCUT2D eigenvalue weighted by Gasteiger charge is -2.03. The lowest BCUT2D eigenvalue weighted by molar-refractivity contribution is 0.598. The van der Waals surface area contributed by atoms with Crippen molar-refractivity contribution in [3.8, 4) is 11.3 Å². The molecule has 0 saturated heterocycles. The van der Waals surface area contributed by atoms with Gasteiger partial charge in [-0.2, -0.15) is 0 Å². The van der Waals surface area contributed by atoms with Gasteiger partial charge in [-0.1, -0.05) is 29.0 Å². The zero-order valence-electron chi connectivity index (χ0n) is 9.64. The summed E-state index contributed by atoms with van der Waals surface area (Å²) in [6.07, 6.45) is 0. The van der Waals surface area contributed by atoms with Gasteiger partial charge in [-0.05, 0) is 19.9 Å². The van der Waals surface area contributed by atoms with Gasteiger partial charge in [0.2, 0.25) is 0 Å². The molecule has 4 nitrogen and oxygen atoms in total. The van der Waals surface area contributed by atoms with Crippen LogP contribution in [0.3, 0.4) is 0 Å². The molecule has 2 rings (SSSR count). The maximum Gasteiger partial charge on any atom is 0.117 e. The molecule has 0 bridgehead atoms. The van der Waals surface area contributed by atoms with Crippen LogP contribution in [0.4, 0.5) is 0 Å². The van der Waals surface area contributed by atoms with Gasteiger partial charge in [0.25, 0.3) is 0 Å². The normalized spacial score (nSPS) is 10.7. The van der Waals surface area contributed by atoms with Crippen molar-refractivity contribution in [2.24, 2.45) is 5.73 Å². The van der Waals surface area contributed by atoms with Crippen molar-refractivity contribution in [2.45, 2.75) is 26.9 Å². The second kappa shape index (κ2) is 4.45. The quantitative estimate of drug-likeness (QED) is 0.850. The molecule has 0 unspecified atom stereocenters. The monoisotopic (exact) mass is 216 g/mol. The van der Waals surface area contributed by atoms with E-state index < -0.39 is 0 Å². The Labute approximate surface area is 95.1 Å². The fraction of sp³-hybridized carbons (Fsp3) is 0.333. The predicted octanol–water partition coefficient (Wildman–Crippen LogP) is 1.73. The molecule has 0 amide bonds. The van der Waals surface area contributed by atoms with Crippen LogP contribution in [0.5, 0.6) is 0 Å². The average molecular weight is 216 g/mol. The third-order valence-corrected chi connectivity index (χ3v) is 2.62. The fourth-order valence-corrected chi connectivity index (χ4v) is 1.81. The molecule has 0 radical (unpaired) electrons. The van der Waals surface area contributed by atoms with Crippen molar-refractivity contribution >= 4 is 0 Å². The molecule has 1 heterocycles. The van der Waals surface area contributed by atoms with Crippen molar-refractivity contribution in [1.82, 2.24) is 15.0 Å². The molecule has 0 aliphatic heterocycles. The first kappa shape index (κ1) is 10.8. The van der Waals surface area contributed by atoms with Gasteiger partial charge in [0, 0.05) is 18.7 Å². The van der Waals surface area contributed by atoms with E-state index in [0.29, 0.717) is 6.54 Å². The molecule has 0 aliphatic carbocycles. The van der Waals surface area contributed by atoms with Gasteiger partial charge in [-0.3, -0.25) is 0 Å². The van der Waals surface area contributed by atoms with Gasteiger partial charge in [0.05, 0.1) is 5.69 Å². The Morgan fingerprint density at radius 2 is 2.19 bits per heavy atom. The van der Waals surface area contributed by atoms with Crippen LogP contribution in [0.25, 0.3) is 11.3 Å². The molecule has 1 aromatic carbocycles. The van der Waals surface area contributed by atoms with E-state index in [9.17, 15) is 0 Å². The minimum absolute atomic E-state index is 0.462. The maximum atomic E-state index is 5.75. The Hall–Kier alpha value is -1.68. The van der Waals surface area contributed by atoms with Crippen LogP contribution in [0.2, 0.25) is 0 Å². The number of benzene rings is 1. The number of hydrogen-bond donors (Lipinski definition) is 1. The van der Waals surface area contributed by atoms with Crippen molar-refractivity contribution in [1.29, 1.82) is 0 Å². The van der Waals surface area contributed by atoms with Crippen LogP contribution in [-0.2, 0) is 13.1 Å². The Morgan fingerprint density at radius 3 is 2.81 bits per heavy atom. The summed E-state index contributed by atoms with van der Waals surface area (Å²) in [6, 6.07) is 8.23. The molecule has 84 valence electrons. The Bertz CT molecular complexity index is 488. The summed E-state index contributed by atoms with van der Waals surface area (Å²) < 4.78 is 1.84. The molecule has 0 spiro atoms.